The molecule has 0 aromatic rings. The Morgan fingerprint density at radius 3 is 1.45 bits per heavy atom. The summed E-state index contributed by atoms with van der Waals surface area (Å²) in [5.41, 5.74) is 0. The van der Waals surface area contributed by atoms with Crippen molar-refractivity contribution in [3.63, 3.8) is 0 Å². The van der Waals surface area contributed by atoms with Crippen LogP contribution in [0.3, 0.4) is 0 Å². The molecule has 0 bridgehead atoms. The Bertz CT molecular complexity index is 245. The third-order valence-corrected chi connectivity index (χ3v) is 3.37. The van der Waals surface area contributed by atoms with Gasteiger partial charge in [-0.3, -0.25) is 9.59 Å². The molecule has 4 heteroatoms. The second kappa shape index (κ2) is 14.4. The number of unbranched alkanes of at least 4 members (excludes halogenated alkanes) is 1. The van der Waals surface area contributed by atoms with Gasteiger partial charge in [0.25, 0.3) is 0 Å². The molecule has 4 nitrogen and oxygen atoms in total. The molecule has 0 aromatic carbocycles. The van der Waals surface area contributed by atoms with Crippen LogP contribution in [-0.2, 0) is 9.59 Å². The van der Waals surface area contributed by atoms with E-state index in [0.29, 0.717) is 0 Å². The van der Waals surface area contributed by atoms with Crippen molar-refractivity contribution in [3.8, 4) is 0 Å². The lowest BCUT2D eigenvalue weighted by atomic mass is 9.99. The summed E-state index contributed by atoms with van der Waals surface area (Å²) >= 11 is 0. The Balaban J connectivity index is 0. The number of carboxylic acids is 2. The lowest BCUT2D eigenvalue weighted by molar-refractivity contribution is -0.143. The van der Waals surface area contributed by atoms with Gasteiger partial charge in [-0.15, -0.1) is 0 Å². The van der Waals surface area contributed by atoms with Crippen molar-refractivity contribution in [2.24, 2.45) is 11.8 Å². The Morgan fingerprint density at radius 2 is 1.20 bits per heavy atom. The highest BCUT2D eigenvalue weighted by molar-refractivity contribution is 5.70. The predicted octanol–water partition coefficient (Wildman–Crippen LogP) is 4.57. The highest BCUT2D eigenvalue weighted by Crippen LogP contribution is 2.13. The van der Waals surface area contributed by atoms with Crippen molar-refractivity contribution >= 4 is 11.9 Å². The minimum absolute atomic E-state index is 0.102. The summed E-state index contributed by atoms with van der Waals surface area (Å²) in [4.78, 5) is 20.9. The van der Waals surface area contributed by atoms with Gasteiger partial charge in [-0.25, -0.2) is 0 Å². The lowest BCUT2D eigenvalue weighted by Crippen LogP contribution is -2.12. The zero-order valence-electron chi connectivity index (χ0n) is 13.5. The van der Waals surface area contributed by atoms with Crippen LogP contribution in [0.5, 0.6) is 0 Å². The zero-order valence-corrected chi connectivity index (χ0v) is 13.5. The van der Waals surface area contributed by atoms with E-state index in [1.165, 1.54) is 0 Å². The van der Waals surface area contributed by atoms with E-state index in [1.807, 2.05) is 20.8 Å². The van der Waals surface area contributed by atoms with E-state index >= 15 is 0 Å². The quantitative estimate of drug-likeness (QED) is 0.617. The average molecular weight is 288 g/mol. The summed E-state index contributed by atoms with van der Waals surface area (Å²) in [5, 5.41) is 17.2. The number of aliphatic carboxylic acids is 2. The van der Waals surface area contributed by atoms with E-state index in [4.69, 9.17) is 10.2 Å². The smallest absolute Gasteiger partial charge is 0.306 e. The molecule has 0 radical (unpaired) electrons. The number of hydrogen-bond donors (Lipinski definition) is 2. The van der Waals surface area contributed by atoms with Gasteiger partial charge in [-0.1, -0.05) is 53.4 Å². The third kappa shape index (κ3) is 12.0. The van der Waals surface area contributed by atoms with Gasteiger partial charge in [0.15, 0.2) is 0 Å². The van der Waals surface area contributed by atoms with E-state index in [1.54, 1.807) is 0 Å². The van der Waals surface area contributed by atoms with Crippen LogP contribution >= 0.6 is 0 Å². The van der Waals surface area contributed by atoms with Gasteiger partial charge in [0.05, 0.1) is 11.8 Å². The second-order valence-electron chi connectivity index (χ2n) is 5.20. The number of rotatable bonds is 10. The largest absolute Gasteiger partial charge is 0.481 e. The van der Waals surface area contributed by atoms with Gasteiger partial charge >= 0.3 is 11.9 Å². The molecule has 0 aliphatic carbocycles. The van der Waals surface area contributed by atoms with Crippen molar-refractivity contribution in [1.82, 2.24) is 0 Å². The van der Waals surface area contributed by atoms with E-state index in [2.05, 4.69) is 6.92 Å². The molecule has 2 N–H and O–H groups in total. The first-order valence-electron chi connectivity index (χ1n) is 7.89. The van der Waals surface area contributed by atoms with Gasteiger partial charge in [0.1, 0.15) is 0 Å². The highest BCUT2D eigenvalue weighted by Gasteiger charge is 2.14. The monoisotopic (exact) mass is 288 g/mol. The van der Waals surface area contributed by atoms with E-state index in [0.717, 1.165) is 51.4 Å². The first-order chi connectivity index (χ1) is 9.44. The maximum atomic E-state index is 10.5. The number of carbonyl (C=O) groups is 2. The van der Waals surface area contributed by atoms with Gasteiger partial charge < -0.3 is 10.2 Å². The van der Waals surface area contributed by atoms with Crippen LogP contribution < -0.4 is 0 Å². The number of carboxylic acid groups (broad SMARTS) is 2. The fraction of sp³-hybridized carbons (Fsp3) is 0.875. The van der Waals surface area contributed by atoms with Crippen molar-refractivity contribution in [2.45, 2.75) is 79.1 Å². The average Bonchev–Trinajstić information content (AvgIpc) is 2.39. The molecule has 0 aromatic heterocycles. The van der Waals surface area contributed by atoms with E-state index in [-0.39, 0.29) is 11.8 Å². The van der Waals surface area contributed by atoms with Gasteiger partial charge in [-0.05, 0) is 25.7 Å². The summed E-state index contributed by atoms with van der Waals surface area (Å²) in [5.74, 6) is -1.49. The Hall–Kier alpha value is -1.06. The number of hydrogen-bond acceptors (Lipinski definition) is 2. The highest BCUT2D eigenvalue weighted by atomic mass is 16.4. The molecule has 0 heterocycles. The predicted molar refractivity (Wildman–Crippen MR) is 81.9 cm³/mol. The first kappa shape index (κ1) is 21.2. The van der Waals surface area contributed by atoms with Crippen molar-refractivity contribution in [1.29, 1.82) is 0 Å². The summed E-state index contributed by atoms with van der Waals surface area (Å²) in [6, 6.07) is 0. The summed E-state index contributed by atoms with van der Waals surface area (Å²) in [7, 11) is 0. The minimum atomic E-state index is -0.643. The Kier molecular flexibility index (Phi) is 15.2. The first-order valence-corrected chi connectivity index (χ1v) is 7.89. The molecule has 20 heavy (non-hydrogen) atoms. The molecule has 0 saturated carbocycles. The summed E-state index contributed by atoms with van der Waals surface area (Å²) < 4.78 is 0. The maximum absolute atomic E-state index is 10.5. The molecular weight excluding hydrogens is 256 g/mol. The normalized spacial score (nSPS) is 11.7. The van der Waals surface area contributed by atoms with Crippen LogP contribution in [0.4, 0.5) is 0 Å². The van der Waals surface area contributed by atoms with Crippen LogP contribution in [0.25, 0.3) is 0 Å². The molecule has 0 fully saturated rings. The Morgan fingerprint density at radius 1 is 0.750 bits per heavy atom. The molecular formula is C16H32O4. The Labute approximate surface area is 123 Å². The molecule has 0 amide bonds. The standard InChI is InChI=1S/2C8H16O2/c1-3-5-6-7(4-2)8(9)10;1-3-5-7(6-4-2)8(9)10/h2*7H,3-6H2,1-2H3,(H,9,10). The van der Waals surface area contributed by atoms with Crippen molar-refractivity contribution in [3.05, 3.63) is 0 Å². The SMILES string of the molecule is CCCC(CCC)C(=O)O.CCCCC(CC)C(=O)O. The molecule has 1 atom stereocenters. The van der Waals surface area contributed by atoms with Crippen LogP contribution in [0.1, 0.15) is 79.1 Å². The van der Waals surface area contributed by atoms with E-state index < -0.39 is 11.9 Å². The van der Waals surface area contributed by atoms with Gasteiger partial charge in [-0.2, -0.15) is 0 Å². The van der Waals surface area contributed by atoms with Crippen LogP contribution in [0.2, 0.25) is 0 Å². The molecule has 0 saturated heterocycles. The third-order valence-electron chi connectivity index (χ3n) is 3.37. The molecule has 0 aliphatic rings. The van der Waals surface area contributed by atoms with Crippen LogP contribution in [0.15, 0.2) is 0 Å². The van der Waals surface area contributed by atoms with Gasteiger partial charge in [0.2, 0.25) is 0 Å². The molecule has 120 valence electrons. The lowest BCUT2D eigenvalue weighted by Gasteiger charge is -2.07. The fourth-order valence-electron chi connectivity index (χ4n) is 2.04. The molecule has 0 spiro atoms. The minimum Gasteiger partial charge on any atom is -0.481 e. The van der Waals surface area contributed by atoms with Crippen LogP contribution in [0, 0.1) is 11.8 Å². The molecule has 0 aliphatic heterocycles. The van der Waals surface area contributed by atoms with Crippen molar-refractivity contribution in [2.75, 3.05) is 0 Å². The maximum Gasteiger partial charge on any atom is 0.306 e. The molecule has 0 rings (SSSR count). The van der Waals surface area contributed by atoms with Gasteiger partial charge in [0, 0.05) is 0 Å². The topological polar surface area (TPSA) is 74.6 Å². The molecule has 1 unspecified atom stereocenters. The van der Waals surface area contributed by atoms with Crippen molar-refractivity contribution < 1.29 is 19.8 Å². The fourth-order valence-corrected chi connectivity index (χ4v) is 2.04. The summed E-state index contributed by atoms with van der Waals surface area (Å²) in [6.45, 7) is 8.04. The van der Waals surface area contributed by atoms with Crippen LogP contribution in [-0.4, -0.2) is 22.2 Å². The second-order valence-corrected chi connectivity index (χ2v) is 5.20. The zero-order chi connectivity index (χ0) is 16.0. The summed E-state index contributed by atoms with van der Waals surface area (Å²) in [6.07, 6.45) is 7.30. The van der Waals surface area contributed by atoms with E-state index in [9.17, 15) is 9.59 Å².